The minimum Gasteiger partial charge on any atom is -0.335 e. The number of nitrogens with zero attached hydrogens (tertiary/aromatic N) is 4. The zero-order valence-corrected chi connectivity index (χ0v) is 16.5. The zero-order valence-electron chi connectivity index (χ0n) is 14.9. The van der Waals surface area contributed by atoms with Gasteiger partial charge in [0.2, 0.25) is 11.9 Å². The minimum absolute atomic E-state index is 0.0338. The van der Waals surface area contributed by atoms with Gasteiger partial charge in [-0.25, -0.2) is 4.98 Å². The molecule has 4 rings (SSSR count). The molecular formula is C19H14BrN7O2. The van der Waals surface area contributed by atoms with E-state index in [2.05, 4.69) is 41.8 Å². The number of carbonyl (C=O) groups excluding carboxylic acids is 1. The monoisotopic (exact) mass is 451 g/mol. The van der Waals surface area contributed by atoms with Crippen molar-refractivity contribution >= 4 is 50.7 Å². The van der Waals surface area contributed by atoms with Crippen LogP contribution in [0.3, 0.4) is 0 Å². The number of fused-ring (bicyclic) bond motifs is 1. The molecule has 1 amide bonds. The minimum atomic E-state index is -0.329. The van der Waals surface area contributed by atoms with Crippen LogP contribution in [0.4, 0.5) is 28.8 Å². The molecule has 0 atom stereocenters. The molecule has 1 aliphatic rings. The number of benzene rings is 1. The quantitative estimate of drug-likeness (QED) is 0.544. The van der Waals surface area contributed by atoms with Crippen molar-refractivity contribution in [3.8, 4) is 6.07 Å². The molecule has 0 radical (unpaired) electrons. The number of hydrogen-bond acceptors (Lipinski definition) is 7. The molecule has 0 unspecified atom stereocenters. The second-order valence-electron chi connectivity index (χ2n) is 6.25. The Labute approximate surface area is 173 Å². The fraction of sp³-hybridized carbons (Fsp3) is 0.105. The summed E-state index contributed by atoms with van der Waals surface area (Å²) < 4.78 is 1.87. The van der Waals surface area contributed by atoms with Crippen LogP contribution >= 0.6 is 15.9 Å². The number of amides is 1. The number of nitriles is 1. The zero-order chi connectivity index (χ0) is 20.4. The fourth-order valence-corrected chi connectivity index (χ4v) is 3.20. The van der Waals surface area contributed by atoms with Gasteiger partial charge in [0.25, 0.3) is 5.56 Å². The summed E-state index contributed by atoms with van der Waals surface area (Å²) in [5, 5.41) is 17.7. The number of anilines is 5. The van der Waals surface area contributed by atoms with Crippen molar-refractivity contribution < 1.29 is 4.79 Å². The van der Waals surface area contributed by atoms with Crippen LogP contribution in [0, 0.1) is 11.3 Å². The topological polar surface area (TPSA) is 125 Å². The van der Waals surface area contributed by atoms with Gasteiger partial charge in [0.05, 0.1) is 17.0 Å². The van der Waals surface area contributed by atoms with Crippen LogP contribution in [0.2, 0.25) is 0 Å². The van der Waals surface area contributed by atoms with Gasteiger partial charge < -0.3 is 16.0 Å². The van der Waals surface area contributed by atoms with Gasteiger partial charge >= 0.3 is 0 Å². The summed E-state index contributed by atoms with van der Waals surface area (Å²) in [4.78, 5) is 32.6. The molecule has 0 saturated heterocycles. The van der Waals surface area contributed by atoms with E-state index in [0.717, 1.165) is 16.9 Å². The molecule has 3 aromatic rings. The van der Waals surface area contributed by atoms with E-state index in [-0.39, 0.29) is 23.7 Å². The van der Waals surface area contributed by atoms with Gasteiger partial charge in [-0.3, -0.25) is 14.2 Å². The Hall–Kier alpha value is -3.71. The average Bonchev–Trinajstić information content (AvgIpc) is 3.07. The van der Waals surface area contributed by atoms with Crippen LogP contribution in [0.1, 0.15) is 5.56 Å². The Balaban J connectivity index is 1.58. The van der Waals surface area contributed by atoms with Crippen LogP contribution < -0.4 is 21.5 Å². The Kier molecular flexibility index (Phi) is 4.97. The number of pyridine rings is 1. The summed E-state index contributed by atoms with van der Waals surface area (Å²) in [5.74, 6) is 0.682. The van der Waals surface area contributed by atoms with E-state index >= 15 is 0 Å². The van der Waals surface area contributed by atoms with Crippen molar-refractivity contribution in [3.05, 3.63) is 63.1 Å². The van der Waals surface area contributed by atoms with Crippen molar-refractivity contribution in [2.45, 2.75) is 13.0 Å². The third kappa shape index (κ3) is 3.95. The van der Waals surface area contributed by atoms with E-state index in [1.54, 1.807) is 24.5 Å². The van der Waals surface area contributed by atoms with Crippen molar-refractivity contribution in [3.63, 3.8) is 0 Å². The first-order chi connectivity index (χ1) is 14.0. The predicted molar refractivity (Wildman–Crippen MR) is 111 cm³/mol. The predicted octanol–water partition coefficient (Wildman–Crippen LogP) is 2.91. The maximum absolute atomic E-state index is 12.4. The van der Waals surface area contributed by atoms with E-state index < -0.39 is 0 Å². The number of aromatic nitrogens is 3. The third-order valence-electron chi connectivity index (χ3n) is 4.24. The Morgan fingerprint density at radius 2 is 2.14 bits per heavy atom. The average molecular weight is 452 g/mol. The molecule has 144 valence electrons. The highest BCUT2D eigenvalue weighted by molar-refractivity contribution is 9.10. The summed E-state index contributed by atoms with van der Waals surface area (Å²) in [6.45, 7) is -0.0399. The lowest BCUT2D eigenvalue weighted by molar-refractivity contribution is -0.115. The highest BCUT2D eigenvalue weighted by Gasteiger charge is 2.17. The second-order valence-corrected chi connectivity index (χ2v) is 7.10. The number of hydrogen-bond donors (Lipinski definition) is 3. The molecule has 1 aliphatic heterocycles. The first-order valence-electron chi connectivity index (χ1n) is 8.59. The fourth-order valence-electron chi connectivity index (χ4n) is 2.91. The van der Waals surface area contributed by atoms with Crippen molar-refractivity contribution in [1.29, 1.82) is 5.26 Å². The molecule has 3 heterocycles. The summed E-state index contributed by atoms with van der Waals surface area (Å²) in [6.07, 6.45) is 3.45. The van der Waals surface area contributed by atoms with Gasteiger partial charge in [-0.2, -0.15) is 10.2 Å². The Morgan fingerprint density at radius 3 is 2.97 bits per heavy atom. The molecule has 0 fully saturated rings. The first kappa shape index (κ1) is 18.6. The molecular weight excluding hydrogens is 438 g/mol. The lowest BCUT2D eigenvalue weighted by atomic mass is 10.1. The third-order valence-corrected chi connectivity index (χ3v) is 4.83. The SMILES string of the molecule is N#CCn1cccc(Nc2nc(Nc3ccc4c(c3)CC(=O)N4)ncc2Br)c1=O. The number of nitrogens with one attached hydrogen (secondary N) is 3. The van der Waals surface area contributed by atoms with E-state index in [0.29, 0.717) is 22.7 Å². The Bertz CT molecular complexity index is 1220. The number of carbonyl (C=O) groups is 1. The largest absolute Gasteiger partial charge is 0.335 e. The maximum atomic E-state index is 12.4. The van der Waals surface area contributed by atoms with Gasteiger partial charge in [0.1, 0.15) is 12.2 Å². The van der Waals surface area contributed by atoms with Gasteiger partial charge in [0, 0.05) is 23.8 Å². The van der Waals surface area contributed by atoms with E-state index in [1.807, 2.05) is 24.3 Å². The number of halogens is 1. The molecule has 10 heteroatoms. The molecule has 9 nitrogen and oxygen atoms in total. The lowest BCUT2D eigenvalue weighted by Crippen LogP contribution is -2.21. The van der Waals surface area contributed by atoms with Gasteiger partial charge in [-0.05, 0) is 51.8 Å². The molecule has 2 aromatic heterocycles. The van der Waals surface area contributed by atoms with Crippen LogP contribution in [-0.2, 0) is 17.8 Å². The molecule has 0 saturated carbocycles. The van der Waals surface area contributed by atoms with Gasteiger partial charge in [-0.1, -0.05) is 0 Å². The normalized spacial score (nSPS) is 12.1. The maximum Gasteiger partial charge on any atom is 0.275 e. The summed E-state index contributed by atoms with van der Waals surface area (Å²) in [7, 11) is 0. The molecule has 29 heavy (non-hydrogen) atoms. The smallest absolute Gasteiger partial charge is 0.275 e. The van der Waals surface area contributed by atoms with Gasteiger partial charge in [-0.15, -0.1) is 0 Å². The van der Waals surface area contributed by atoms with Crippen LogP contribution in [-0.4, -0.2) is 20.4 Å². The van der Waals surface area contributed by atoms with Crippen LogP contribution in [0.5, 0.6) is 0 Å². The van der Waals surface area contributed by atoms with Crippen LogP contribution in [0.15, 0.2) is 52.0 Å². The highest BCUT2D eigenvalue weighted by atomic mass is 79.9. The molecule has 1 aromatic carbocycles. The van der Waals surface area contributed by atoms with Crippen molar-refractivity contribution in [2.75, 3.05) is 16.0 Å². The van der Waals surface area contributed by atoms with E-state index in [1.165, 1.54) is 4.57 Å². The molecule has 0 bridgehead atoms. The molecule has 0 aliphatic carbocycles. The highest BCUT2D eigenvalue weighted by Crippen LogP contribution is 2.28. The summed E-state index contributed by atoms with van der Waals surface area (Å²) >= 11 is 3.37. The summed E-state index contributed by atoms with van der Waals surface area (Å²) in [5.41, 5.74) is 2.40. The van der Waals surface area contributed by atoms with Crippen molar-refractivity contribution in [1.82, 2.24) is 14.5 Å². The second kappa shape index (κ2) is 7.73. The van der Waals surface area contributed by atoms with Crippen LogP contribution in [0.25, 0.3) is 0 Å². The molecule has 3 N–H and O–H groups in total. The van der Waals surface area contributed by atoms with E-state index in [4.69, 9.17) is 5.26 Å². The first-order valence-corrected chi connectivity index (χ1v) is 9.38. The van der Waals surface area contributed by atoms with Crippen molar-refractivity contribution in [2.24, 2.45) is 0 Å². The lowest BCUT2D eigenvalue weighted by Gasteiger charge is -2.11. The summed E-state index contributed by atoms with van der Waals surface area (Å²) in [6, 6.07) is 10.7. The van der Waals surface area contributed by atoms with E-state index in [9.17, 15) is 9.59 Å². The number of rotatable bonds is 5. The standard InChI is InChI=1S/C19H14BrN7O2/c20-13-10-22-19(23-12-3-4-14-11(8-12)9-16(28)24-14)26-17(13)25-15-2-1-6-27(7-5-21)18(15)29/h1-4,6,8,10H,7,9H2,(H,24,28)(H2,22,23,25,26). The Morgan fingerprint density at radius 1 is 1.28 bits per heavy atom. The molecule has 0 spiro atoms. The van der Waals surface area contributed by atoms with Gasteiger partial charge in [0.15, 0.2) is 5.82 Å².